The van der Waals surface area contributed by atoms with Crippen LogP contribution in [0, 0.1) is 11.8 Å². The van der Waals surface area contributed by atoms with Crippen LogP contribution < -0.4 is 9.64 Å². The van der Waals surface area contributed by atoms with Crippen LogP contribution in [0.3, 0.4) is 0 Å². The summed E-state index contributed by atoms with van der Waals surface area (Å²) in [4.78, 5) is 50.4. The number of allylic oxidation sites excluding steroid dienone is 1. The van der Waals surface area contributed by atoms with Gasteiger partial charge in [0.25, 0.3) is 0 Å². The molecule has 2 aromatic carbocycles. The second-order valence-electron chi connectivity index (χ2n) is 8.87. The van der Waals surface area contributed by atoms with E-state index in [1.54, 1.807) is 42.5 Å². The Morgan fingerprint density at radius 2 is 1.55 bits per heavy atom. The summed E-state index contributed by atoms with van der Waals surface area (Å²) in [7, 11) is 0. The van der Waals surface area contributed by atoms with Crippen molar-refractivity contribution >= 4 is 34.8 Å². The maximum atomic E-state index is 13.7. The molecule has 0 saturated carbocycles. The Bertz CT molecular complexity index is 1560. The number of pyridine rings is 1. The number of halogens is 3. The molecule has 2 aliphatic heterocycles. The molecule has 1 saturated heterocycles. The third-order valence-corrected chi connectivity index (χ3v) is 6.73. The lowest BCUT2D eigenvalue weighted by molar-refractivity contribution is -0.274. The van der Waals surface area contributed by atoms with E-state index in [1.807, 2.05) is 0 Å². The molecular weight excluding hydrogens is 503 g/mol. The molecule has 6 rings (SSSR count). The van der Waals surface area contributed by atoms with Gasteiger partial charge in [-0.25, -0.2) is 4.90 Å². The largest absolute Gasteiger partial charge is 0.573 e. The van der Waals surface area contributed by atoms with E-state index < -0.39 is 47.6 Å². The Labute approximate surface area is 212 Å². The zero-order valence-electron chi connectivity index (χ0n) is 19.2. The van der Waals surface area contributed by atoms with Crippen molar-refractivity contribution in [3.8, 4) is 5.75 Å². The van der Waals surface area contributed by atoms with Crippen LogP contribution in [0.2, 0.25) is 0 Å². The standard InChI is InChI=1S/C27H16F3N3O5/c28-27(29,30)38-14-10-8-13(9-11-14)33-25(36)18-19(26(33)37)22(32-21(18)17-7-3-4-12-31-17)20-23(34)15-5-1-2-6-16(15)24(20)35/h1-12,18-19,21,34H. The molecular formula is C27H16F3N3O5. The predicted octanol–water partition coefficient (Wildman–Crippen LogP) is 4.45. The zero-order chi connectivity index (χ0) is 26.8. The number of alkyl halides is 3. The average Bonchev–Trinajstić information content (AvgIpc) is 3.49. The van der Waals surface area contributed by atoms with Crippen molar-refractivity contribution in [3.05, 3.63) is 95.3 Å². The molecule has 190 valence electrons. The third kappa shape index (κ3) is 3.58. The number of ketones is 1. The van der Waals surface area contributed by atoms with Gasteiger partial charge in [-0.2, -0.15) is 0 Å². The number of hydrogen-bond donors (Lipinski definition) is 1. The molecule has 3 atom stereocenters. The van der Waals surface area contributed by atoms with Crippen LogP contribution in [-0.4, -0.2) is 39.8 Å². The highest BCUT2D eigenvalue weighted by molar-refractivity contribution is 6.42. The predicted molar refractivity (Wildman–Crippen MR) is 127 cm³/mol. The Morgan fingerprint density at radius 1 is 0.868 bits per heavy atom. The van der Waals surface area contributed by atoms with E-state index >= 15 is 0 Å². The topological polar surface area (TPSA) is 109 Å². The van der Waals surface area contributed by atoms with E-state index in [1.165, 1.54) is 6.20 Å². The first-order chi connectivity index (χ1) is 18.2. The molecule has 0 bridgehead atoms. The number of ether oxygens (including phenoxy) is 1. The van der Waals surface area contributed by atoms with Gasteiger partial charge in [0.15, 0.2) is 5.78 Å². The molecule has 8 nitrogen and oxygen atoms in total. The van der Waals surface area contributed by atoms with Crippen molar-refractivity contribution in [2.75, 3.05) is 4.90 Å². The average molecular weight is 519 g/mol. The number of carbonyl (C=O) groups is 3. The fourth-order valence-electron chi connectivity index (χ4n) is 5.18. The van der Waals surface area contributed by atoms with Crippen LogP contribution in [0.15, 0.2) is 83.5 Å². The highest BCUT2D eigenvalue weighted by atomic mass is 19.4. The lowest BCUT2D eigenvalue weighted by Crippen LogP contribution is -2.33. The normalized spacial score (nSPS) is 22.6. The number of amides is 2. The van der Waals surface area contributed by atoms with Gasteiger partial charge in [0, 0.05) is 17.3 Å². The molecule has 3 unspecified atom stereocenters. The Hall–Kier alpha value is -4.80. The van der Waals surface area contributed by atoms with Crippen molar-refractivity contribution < 1.29 is 37.4 Å². The number of Topliss-reactive ketones (excluding diaryl/α,β-unsaturated/α-hetero) is 1. The number of fused-ring (bicyclic) bond motifs is 2. The number of nitrogens with zero attached hydrogens (tertiary/aromatic N) is 3. The van der Waals surface area contributed by atoms with Gasteiger partial charge in [-0.15, -0.1) is 13.2 Å². The van der Waals surface area contributed by atoms with Gasteiger partial charge in [0.1, 0.15) is 17.6 Å². The van der Waals surface area contributed by atoms with Gasteiger partial charge in [-0.1, -0.05) is 30.3 Å². The number of imide groups is 1. The smallest absolute Gasteiger partial charge is 0.506 e. The first kappa shape index (κ1) is 23.6. The maximum Gasteiger partial charge on any atom is 0.573 e. The van der Waals surface area contributed by atoms with E-state index in [4.69, 9.17) is 0 Å². The van der Waals surface area contributed by atoms with Crippen LogP contribution in [0.25, 0.3) is 5.76 Å². The van der Waals surface area contributed by atoms with Gasteiger partial charge in [0.2, 0.25) is 11.8 Å². The van der Waals surface area contributed by atoms with Crippen molar-refractivity contribution in [1.82, 2.24) is 4.98 Å². The minimum atomic E-state index is -4.90. The number of carbonyl (C=O) groups excluding carboxylic acids is 3. The van der Waals surface area contributed by atoms with E-state index in [-0.39, 0.29) is 28.3 Å². The Kier molecular flexibility index (Phi) is 5.20. The van der Waals surface area contributed by atoms with Crippen molar-refractivity contribution in [3.63, 3.8) is 0 Å². The summed E-state index contributed by atoms with van der Waals surface area (Å²) in [6.07, 6.45) is -3.40. The third-order valence-electron chi connectivity index (χ3n) is 6.73. The van der Waals surface area contributed by atoms with Crippen molar-refractivity contribution in [2.24, 2.45) is 16.8 Å². The lowest BCUT2D eigenvalue weighted by Gasteiger charge is -2.18. The quantitative estimate of drug-likeness (QED) is 0.511. The summed E-state index contributed by atoms with van der Waals surface area (Å²) >= 11 is 0. The molecule has 0 radical (unpaired) electrons. The SMILES string of the molecule is O=C1C(C2=NC(c3ccccn3)C3C(=O)N(c4ccc(OC(F)(F)F)cc4)C(=O)C23)=C(O)c2ccccc21. The molecule has 3 aliphatic rings. The van der Waals surface area contributed by atoms with Gasteiger partial charge >= 0.3 is 6.36 Å². The molecule has 38 heavy (non-hydrogen) atoms. The Morgan fingerprint density at radius 3 is 2.18 bits per heavy atom. The van der Waals surface area contributed by atoms with Crippen LogP contribution >= 0.6 is 0 Å². The molecule has 3 heterocycles. The number of benzene rings is 2. The second-order valence-corrected chi connectivity index (χ2v) is 8.87. The van der Waals surface area contributed by atoms with Crippen LogP contribution in [0.1, 0.15) is 27.7 Å². The van der Waals surface area contributed by atoms with Crippen LogP contribution in [0.4, 0.5) is 18.9 Å². The lowest BCUT2D eigenvalue weighted by atomic mass is 9.84. The molecule has 1 N–H and O–H groups in total. The summed E-state index contributed by atoms with van der Waals surface area (Å²) in [6.45, 7) is 0. The number of hydrogen-bond acceptors (Lipinski definition) is 7. The van der Waals surface area contributed by atoms with Crippen molar-refractivity contribution in [1.29, 1.82) is 0 Å². The summed E-state index contributed by atoms with van der Waals surface area (Å²) in [5, 5.41) is 11.0. The fraction of sp³-hybridized carbons (Fsp3) is 0.148. The molecule has 1 fully saturated rings. The summed E-state index contributed by atoms with van der Waals surface area (Å²) < 4.78 is 41.6. The number of aliphatic imine (C=N–C) groups is 1. The summed E-state index contributed by atoms with van der Waals surface area (Å²) in [5.41, 5.74) is 0.773. The minimum absolute atomic E-state index is 0.0257. The summed E-state index contributed by atoms with van der Waals surface area (Å²) in [6, 6.07) is 14.8. The molecule has 2 amide bonds. The second kappa shape index (κ2) is 8.37. The molecule has 1 aromatic heterocycles. The molecule has 0 spiro atoms. The van der Waals surface area contributed by atoms with Crippen molar-refractivity contribution in [2.45, 2.75) is 12.4 Å². The first-order valence-electron chi connectivity index (χ1n) is 11.5. The van der Waals surface area contributed by atoms with E-state index in [2.05, 4.69) is 14.7 Å². The summed E-state index contributed by atoms with van der Waals surface area (Å²) in [5.74, 6) is -5.03. The first-order valence-corrected chi connectivity index (χ1v) is 11.5. The van der Waals surface area contributed by atoms with Gasteiger partial charge in [-0.05, 0) is 36.4 Å². The number of aliphatic hydroxyl groups is 1. The van der Waals surface area contributed by atoms with Crippen LogP contribution in [0.5, 0.6) is 5.75 Å². The van der Waals surface area contributed by atoms with Gasteiger partial charge in [-0.3, -0.25) is 24.4 Å². The van der Waals surface area contributed by atoms with E-state index in [9.17, 15) is 32.7 Å². The van der Waals surface area contributed by atoms with Gasteiger partial charge < -0.3 is 9.84 Å². The van der Waals surface area contributed by atoms with Crippen LogP contribution in [-0.2, 0) is 9.59 Å². The minimum Gasteiger partial charge on any atom is -0.506 e. The number of aromatic nitrogens is 1. The van der Waals surface area contributed by atoms with E-state index in [0.29, 0.717) is 11.3 Å². The highest BCUT2D eigenvalue weighted by Crippen LogP contribution is 2.49. The molecule has 11 heteroatoms. The molecule has 1 aliphatic carbocycles. The monoisotopic (exact) mass is 519 g/mol. The number of anilines is 1. The number of rotatable bonds is 4. The fourth-order valence-corrected chi connectivity index (χ4v) is 5.18. The maximum absolute atomic E-state index is 13.7. The Balaban J connectivity index is 1.43. The highest BCUT2D eigenvalue weighted by Gasteiger charge is 2.59. The van der Waals surface area contributed by atoms with E-state index in [0.717, 1.165) is 29.2 Å². The number of aliphatic hydroxyl groups excluding tert-OH is 1. The molecule has 3 aromatic rings. The van der Waals surface area contributed by atoms with Gasteiger partial charge in [0.05, 0.1) is 34.5 Å². The zero-order valence-corrected chi connectivity index (χ0v) is 19.2.